The van der Waals surface area contributed by atoms with Crippen LogP contribution in [-0.4, -0.2) is 16.2 Å². The number of thioether (sulfide) groups is 1. The van der Waals surface area contributed by atoms with Gasteiger partial charge in [0.15, 0.2) is 0 Å². The zero-order valence-corrected chi connectivity index (χ0v) is 11.0. The first-order valence-corrected chi connectivity index (χ1v) is 6.48. The molecule has 0 fully saturated rings. The number of benzene rings is 1. The van der Waals surface area contributed by atoms with Crippen LogP contribution >= 0.6 is 27.7 Å². The Morgan fingerprint density at radius 2 is 2.35 bits per heavy atom. The Hall–Kier alpha value is -1.27. The predicted octanol–water partition coefficient (Wildman–Crippen LogP) is 3.43. The van der Waals surface area contributed by atoms with Crippen LogP contribution in [0.4, 0.5) is 0 Å². The van der Waals surface area contributed by atoms with Crippen LogP contribution in [0, 0.1) is 0 Å². The average molecular weight is 314 g/mol. The van der Waals surface area contributed by atoms with Crippen LogP contribution < -0.4 is 0 Å². The van der Waals surface area contributed by atoms with Gasteiger partial charge in [0.2, 0.25) is 0 Å². The molecule has 4 nitrogen and oxygen atoms in total. The van der Waals surface area contributed by atoms with Gasteiger partial charge in [0, 0.05) is 20.7 Å². The topological polar surface area (TPSA) is 63.3 Å². The van der Waals surface area contributed by atoms with Gasteiger partial charge < -0.3 is 9.63 Å². The molecule has 2 rings (SSSR count). The van der Waals surface area contributed by atoms with Crippen molar-refractivity contribution in [3.05, 3.63) is 46.3 Å². The number of halogens is 1. The number of aromatic nitrogens is 1. The zero-order valence-electron chi connectivity index (χ0n) is 8.59. The molecule has 0 saturated heterocycles. The lowest BCUT2D eigenvalue weighted by Crippen LogP contribution is -1.98. The molecular weight excluding hydrogens is 306 g/mol. The summed E-state index contributed by atoms with van der Waals surface area (Å²) in [6, 6.07) is 5.09. The van der Waals surface area contributed by atoms with Gasteiger partial charge in [-0.3, -0.25) is 0 Å². The highest BCUT2D eigenvalue weighted by Crippen LogP contribution is 2.29. The summed E-state index contributed by atoms with van der Waals surface area (Å²) in [4.78, 5) is 11.8. The van der Waals surface area contributed by atoms with E-state index in [0.29, 0.717) is 16.2 Å². The molecule has 2 aromatic rings. The van der Waals surface area contributed by atoms with Crippen LogP contribution in [0.5, 0.6) is 0 Å². The minimum atomic E-state index is -0.926. The van der Waals surface area contributed by atoms with Crippen molar-refractivity contribution in [3.63, 3.8) is 0 Å². The van der Waals surface area contributed by atoms with Crippen molar-refractivity contribution in [1.29, 1.82) is 0 Å². The molecule has 1 aromatic heterocycles. The van der Waals surface area contributed by atoms with E-state index in [1.54, 1.807) is 30.7 Å². The van der Waals surface area contributed by atoms with Gasteiger partial charge in [-0.25, -0.2) is 4.79 Å². The lowest BCUT2D eigenvalue weighted by molar-refractivity contribution is 0.0693. The van der Waals surface area contributed by atoms with Crippen molar-refractivity contribution in [2.75, 3.05) is 0 Å². The number of carboxylic acid groups (broad SMARTS) is 1. The predicted molar refractivity (Wildman–Crippen MR) is 67.2 cm³/mol. The smallest absolute Gasteiger partial charge is 0.336 e. The largest absolute Gasteiger partial charge is 0.478 e. The number of hydrogen-bond donors (Lipinski definition) is 1. The Labute approximate surface area is 110 Å². The number of aromatic carboxylic acids is 1. The van der Waals surface area contributed by atoms with Crippen LogP contribution in [0.25, 0.3) is 0 Å². The van der Waals surface area contributed by atoms with Crippen LogP contribution in [0.3, 0.4) is 0 Å². The second kappa shape index (κ2) is 5.37. The van der Waals surface area contributed by atoms with E-state index in [0.717, 1.165) is 10.0 Å². The van der Waals surface area contributed by atoms with E-state index in [1.165, 1.54) is 11.8 Å². The molecule has 6 heteroatoms. The van der Waals surface area contributed by atoms with Crippen LogP contribution in [0.2, 0.25) is 0 Å². The maximum atomic E-state index is 11.0. The molecule has 1 N–H and O–H groups in total. The summed E-state index contributed by atoms with van der Waals surface area (Å²) >= 11 is 4.76. The number of carbonyl (C=O) groups is 1. The molecule has 17 heavy (non-hydrogen) atoms. The van der Waals surface area contributed by atoms with Crippen molar-refractivity contribution in [3.8, 4) is 0 Å². The minimum Gasteiger partial charge on any atom is -0.478 e. The van der Waals surface area contributed by atoms with Crippen molar-refractivity contribution in [1.82, 2.24) is 5.16 Å². The fourth-order valence-electron chi connectivity index (χ4n) is 1.25. The van der Waals surface area contributed by atoms with Gasteiger partial charge in [0.05, 0.1) is 11.8 Å². The fourth-order valence-corrected chi connectivity index (χ4v) is 2.75. The van der Waals surface area contributed by atoms with E-state index in [1.807, 2.05) is 0 Å². The minimum absolute atomic E-state index is 0.301. The Balaban J connectivity index is 2.19. The Kier molecular flexibility index (Phi) is 3.86. The standard InChI is InChI=1S/C11H8BrNO3S/c12-8-1-2-9(11(14)15)10(3-8)17-6-7-4-13-16-5-7/h1-5H,6H2,(H,14,15). The monoisotopic (exact) mass is 313 g/mol. The summed E-state index contributed by atoms with van der Waals surface area (Å²) in [7, 11) is 0. The van der Waals surface area contributed by atoms with Crippen molar-refractivity contribution in [2.24, 2.45) is 0 Å². The van der Waals surface area contributed by atoms with Crippen molar-refractivity contribution >= 4 is 33.7 Å². The van der Waals surface area contributed by atoms with E-state index in [4.69, 9.17) is 9.63 Å². The van der Waals surface area contributed by atoms with Gasteiger partial charge in [0.25, 0.3) is 0 Å². The SMILES string of the molecule is O=C(O)c1ccc(Br)cc1SCc1cnoc1. The molecule has 0 aliphatic heterocycles. The van der Waals surface area contributed by atoms with Gasteiger partial charge >= 0.3 is 5.97 Å². The summed E-state index contributed by atoms with van der Waals surface area (Å²) in [6.45, 7) is 0. The van der Waals surface area contributed by atoms with E-state index in [2.05, 4.69) is 21.1 Å². The van der Waals surface area contributed by atoms with Gasteiger partial charge in [-0.15, -0.1) is 11.8 Å². The molecular formula is C11H8BrNO3S. The average Bonchev–Trinajstić information content (AvgIpc) is 2.78. The Bertz CT molecular complexity index is 528. The third-order valence-corrected chi connectivity index (χ3v) is 3.67. The lowest BCUT2D eigenvalue weighted by Gasteiger charge is -2.05. The number of rotatable bonds is 4. The molecule has 1 heterocycles. The number of nitrogens with zero attached hydrogens (tertiary/aromatic N) is 1. The molecule has 0 radical (unpaired) electrons. The molecule has 88 valence electrons. The third kappa shape index (κ3) is 3.10. The molecule has 0 atom stereocenters. The lowest BCUT2D eigenvalue weighted by atomic mass is 10.2. The van der Waals surface area contributed by atoms with Crippen LogP contribution in [0.15, 0.2) is 44.6 Å². The van der Waals surface area contributed by atoms with Gasteiger partial charge in [-0.2, -0.15) is 0 Å². The van der Waals surface area contributed by atoms with Crippen molar-refractivity contribution < 1.29 is 14.4 Å². The molecule has 0 saturated carbocycles. The summed E-state index contributed by atoms with van der Waals surface area (Å²) in [5, 5.41) is 12.6. The highest BCUT2D eigenvalue weighted by Gasteiger charge is 2.11. The highest BCUT2D eigenvalue weighted by atomic mass is 79.9. The summed E-state index contributed by atoms with van der Waals surface area (Å²) < 4.78 is 5.57. The van der Waals surface area contributed by atoms with E-state index in [9.17, 15) is 4.79 Å². The zero-order chi connectivity index (χ0) is 12.3. The molecule has 0 bridgehead atoms. The van der Waals surface area contributed by atoms with E-state index in [-0.39, 0.29) is 0 Å². The quantitative estimate of drug-likeness (QED) is 0.876. The molecule has 0 spiro atoms. The molecule has 0 amide bonds. The maximum absolute atomic E-state index is 11.0. The third-order valence-electron chi connectivity index (χ3n) is 2.05. The van der Waals surface area contributed by atoms with E-state index >= 15 is 0 Å². The second-order valence-corrected chi connectivity index (χ2v) is 5.20. The second-order valence-electron chi connectivity index (χ2n) is 3.27. The normalized spacial score (nSPS) is 10.4. The van der Waals surface area contributed by atoms with Gasteiger partial charge in [-0.1, -0.05) is 21.1 Å². The fraction of sp³-hybridized carbons (Fsp3) is 0.0909. The van der Waals surface area contributed by atoms with Gasteiger partial charge in [0.1, 0.15) is 6.26 Å². The maximum Gasteiger partial charge on any atom is 0.336 e. The summed E-state index contributed by atoms with van der Waals surface area (Å²) in [5.41, 5.74) is 1.22. The van der Waals surface area contributed by atoms with Crippen molar-refractivity contribution in [2.45, 2.75) is 10.6 Å². The molecule has 0 unspecified atom stereocenters. The van der Waals surface area contributed by atoms with Crippen LogP contribution in [-0.2, 0) is 5.75 Å². The highest BCUT2D eigenvalue weighted by molar-refractivity contribution is 9.10. The molecule has 0 aliphatic rings. The van der Waals surface area contributed by atoms with E-state index < -0.39 is 5.97 Å². The molecule has 1 aromatic carbocycles. The molecule has 0 aliphatic carbocycles. The Morgan fingerprint density at radius 3 is 3.00 bits per heavy atom. The summed E-state index contributed by atoms with van der Waals surface area (Å²) in [5.74, 6) is -0.300. The Morgan fingerprint density at radius 1 is 1.53 bits per heavy atom. The first kappa shape index (κ1) is 12.2. The first-order valence-electron chi connectivity index (χ1n) is 4.70. The number of carboxylic acids is 1. The van der Waals surface area contributed by atoms with Gasteiger partial charge in [-0.05, 0) is 18.2 Å². The first-order chi connectivity index (χ1) is 8.16. The summed E-state index contributed by atoms with van der Waals surface area (Å²) in [6.07, 6.45) is 3.16. The number of hydrogen-bond acceptors (Lipinski definition) is 4. The van der Waals surface area contributed by atoms with Crippen LogP contribution in [0.1, 0.15) is 15.9 Å².